The fourth-order valence-electron chi connectivity index (χ4n) is 8.69. The topological polar surface area (TPSA) is 125 Å². The average Bonchev–Trinajstić information content (AvgIpc) is 3.87. The summed E-state index contributed by atoms with van der Waals surface area (Å²) in [6, 6.07) is 3.11. The van der Waals surface area contributed by atoms with Crippen LogP contribution in [0.3, 0.4) is 0 Å². The number of ether oxygens (including phenoxy) is 4. The molecule has 0 radical (unpaired) electrons. The Bertz CT molecular complexity index is 1970. The van der Waals surface area contributed by atoms with Crippen molar-refractivity contribution >= 4 is 34.8 Å². The standard InChI is InChI=1S/C49H74N2O9Si2/c1-15-62(16-2,17-3)59-41-28-40(27-39-25-32(4)24-38(56-39)20-18-23-46(52)53-12)57-44(29-41)42-31-55-45(51-42)22-19-21-43-34(6)48(60-61(13,14)49(9,10)11)35(7)47(58-43)33(5)26-37-30-54-36(8)50-37/h19,22,26,28,30-31,34-35,38-40,43-44,47-48H,4,15-17,20-21,24-25,27,29H2,1-3,5-14H3/b22-19+,33-26+/t34-,35-,38-,39+,40-,43+,44-,47-,48-/m0/s1. The van der Waals surface area contributed by atoms with Crippen LogP contribution in [0, 0.1) is 30.6 Å². The Labute approximate surface area is 373 Å². The molecule has 2 fully saturated rings. The zero-order valence-electron chi connectivity index (χ0n) is 39.8. The van der Waals surface area contributed by atoms with Gasteiger partial charge in [0, 0.05) is 43.9 Å². The Kier molecular flexibility index (Phi) is 17.1. The fourth-order valence-corrected chi connectivity index (χ4v) is 12.8. The minimum absolute atomic E-state index is 0.0165. The van der Waals surface area contributed by atoms with Crippen LogP contribution in [0.25, 0.3) is 12.2 Å². The van der Waals surface area contributed by atoms with Crippen LogP contribution in [-0.4, -0.2) is 76.3 Å². The summed E-state index contributed by atoms with van der Waals surface area (Å²) in [5.74, 6) is 7.27. The van der Waals surface area contributed by atoms with Crippen molar-refractivity contribution in [1.29, 1.82) is 0 Å². The average molecular weight is 891 g/mol. The van der Waals surface area contributed by atoms with E-state index in [2.05, 4.69) is 122 Å². The van der Waals surface area contributed by atoms with Crippen molar-refractivity contribution < 1.29 is 41.4 Å². The van der Waals surface area contributed by atoms with Crippen LogP contribution in [0.5, 0.6) is 0 Å². The van der Waals surface area contributed by atoms with Crippen LogP contribution < -0.4 is 0 Å². The van der Waals surface area contributed by atoms with Gasteiger partial charge in [0.15, 0.2) is 14.2 Å². The first-order chi connectivity index (χ1) is 29.3. The number of aryl methyl sites for hydroxylation is 1. The van der Waals surface area contributed by atoms with Gasteiger partial charge in [-0.25, -0.2) is 14.8 Å². The third-order valence-corrected chi connectivity index (χ3v) is 22.6. The van der Waals surface area contributed by atoms with E-state index in [-0.39, 0.29) is 59.6 Å². The summed E-state index contributed by atoms with van der Waals surface area (Å²) < 4.78 is 50.7. The number of rotatable bonds is 16. The molecule has 0 unspecified atom stereocenters. The van der Waals surface area contributed by atoms with Gasteiger partial charge in [0.1, 0.15) is 30.0 Å². The molecular formula is C49H74N2O9Si2. The highest BCUT2D eigenvalue weighted by molar-refractivity contribution is 6.74. The monoisotopic (exact) mass is 890 g/mol. The van der Waals surface area contributed by atoms with E-state index in [1.54, 1.807) is 12.5 Å². The molecule has 0 saturated carbocycles. The molecule has 2 aromatic heterocycles. The fraction of sp³-hybridized carbons (Fsp3) is 0.653. The largest absolute Gasteiger partial charge is 0.547 e. The molecule has 3 aliphatic heterocycles. The van der Waals surface area contributed by atoms with Gasteiger partial charge < -0.3 is 36.6 Å². The molecule has 9 atom stereocenters. The predicted octanol–water partition coefficient (Wildman–Crippen LogP) is 11.7. The Morgan fingerprint density at radius 2 is 1.69 bits per heavy atom. The number of hydrogen-bond donors (Lipinski definition) is 0. The summed E-state index contributed by atoms with van der Waals surface area (Å²) in [4.78, 5) is 21.0. The third kappa shape index (κ3) is 12.8. The Balaban J connectivity index is 1.33. The second-order valence-corrected chi connectivity index (χ2v) is 28.6. The van der Waals surface area contributed by atoms with Gasteiger partial charge >= 0.3 is 5.97 Å². The van der Waals surface area contributed by atoms with E-state index >= 15 is 0 Å². The van der Waals surface area contributed by atoms with Crippen LogP contribution in [0.2, 0.25) is 36.3 Å². The highest BCUT2D eigenvalue weighted by atomic mass is 28.4. The van der Waals surface area contributed by atoms with Crippen molar-refractivity contribution in [2.45, 2.75) is 187 Å². The van der Waals surface area contributed by atoms with Crippen molar-refractivity contribution in [3.8, 4) is 11.8 Å². The van der Waals surface area contributed by atoms with Crippen molar-refractivity contribution in [2.24, 2.45) is 11.8 Å². The number of oxazole rings is 2. The maximum Gasteiger partial charge on any atom is 0.384 e. The van der Waals surface area contributed by atoms with Crippen LogP contribution in [-0.2, 0) is 32.6 Å². The zero-order valence-corrected chi connectivity index (χ0v) is 41.8. The summed E-state index contributed by atoms with van der Waals surface area (Å²) in [5.41, 5.74) is 3.72. The van der Waals surface area contributed by atoms with Gasteiger partial charge in [-0.15, -0.1) is 0 Å². The van der Waals surface area contributed by atoms with E-state index in [0.717, 1.165) is 52.8 Å². The lowest BCUT2D eigenvalue weighted by atomic mass is 9.79. The minimum atomic E-state index is -2.10. The van der Waals surface area contributed by atoms with Crippen LogP contribution in [0.15, 0.2) is 57.0 Å². The molecule has 5 rings (SSSR count). The molecule has 342 valence electrons. The molecule has 0 aromatic carbocycles. The van der Waals surface area contributed by atoms with E-state index in [1.807, 2.05) is 13.0 Å². The first-order valence-electron chi connectivity index (χ1n) is 22.8. The number of esters is 1. The molecule has 2 aromatic rings. The Morgan fingerprint density at radius 1 is 0.984 bits per heavy atom. The first-order valence-corrected chi connectivity index (χ1v) is 28.2. The number of hydrogen-bond acceptors (Lipinski definition) is 11. The van der Waals surface area contributed by atoms with Gasteiger partial charge in [-0.05, 0) is 86.3 Å². The summed E-state index contributed by atoms with van der Waals surface area (Å²) in [6.45, 7) is 31.0. The third-order valence-electron chi connectivity index (χ3n) is 13.6. The molecular weight excluding hydrogens is 817 g/mol. The molecule has 2 saturated heterocycles. The molecule has 0 spiro atoms. The Morgan fingerprint density at radius 3 is 2.34 bits per heavy atom. The molecule has 0 N–H and O–H groups in total. The zero-order chi connectivity index (χ0) is 45.4. The van der Waals surface area contributed by atoms with Crippen LogP contribution >= 0.6 is 0 Å². The van der Waals surface area contributed by atoms with Gasteiger partial charge in [-0.1, -0.05) is 79.5 Å². The highest BCUT2D eigenvalue weighted by Gasteiger charge is 2.47. The molecule has 13 heteroatoms. The summed E-state index contributed by atoms with van der Waals surface area (Å²) in [7, 11) is -2.74. The summed E-state index contributed by atoms with van der Waals surface area (Å²) in [6.07, 6.45) is 14.3. The maximum absolute atomic E-state index is 11.6. The van der Waals surface area contributed by atoms with E-state index in [9.17, 15) is 4.79 Å². The van der Waals surface area contributed by atoms with Crippen LogP contribution in [0.4, 0.5) is 0 Å². The van der Waals surface area contributed by atoms with Gasteiger partial charge in [-0.3, -0.25) is 0 Å². The van der Waals surface area contributed by atoms with Crippen molar-refractivity contribution in [3.05, 3.63) is 71.3 Å². The number of carbonyl (C=O) groups is 1. The van der Waals surface area contributed by atoms with Crippen molar-refractivity contribution in [3.63, 3.8) is 0 Å². The minimum Gasteiger partial charge on any atom is -0.547 e. The van der Waals surface area contributed by atoms with Gasteiger partial charge in [0.2, 0.25) is 14.2 Å². The SMILES string of the molecule is C=C1C[C@H](C[C@H]2C=C(O[Si](CC)(CC)CC)C[C@@H](c3coc(/C=C/C[C@H]4O[C@@H](/C(C)=C/c5coc(C)n5)[C@H](C)[C@@H](O[Si](C)(C)C(C)(C)C)[C@H]4C)n3)O2)O[C@@H](CC#CC(=O)OC)C1. The Hall–Kier alpha value is -3.52. The maximum atomic E-state index is 11.6. The van der Waals surface area contributed by atoms with E-state index in [1.165, 1.54) is 7.11 Å². The molecule has 0 aliphatic carbocycles. The number of methoxy groups -OCH3 is 1. The second-order valence-electron chi connectivity index (χ2n) is 19.2. The second kappa shape index (κ2) is 21.4. The van der Waals surface area contributed by atoms with E-state index in [0.29, 0.717) is 43.9 Å². The molecule has 0 bridgehead atoms. The first kappa shape index (κ1) is 49.5. The summed E-state index contributed by atoms with van der Waals surface area (Å²) >= 11 is 0. The van der Waals surface area contributed by atoms with E-state index < -0.39 is 22.6 Å². The smallest absolute Gasteiger partial charge is 0.384 e. The van der Waals surface area contributed by atoms with Gasteiger partial charge in [0.05, 0.1) is 49.5 Å². The quantitative estimate of drug-likeness (QED) is 0.0526. The van der Waals surface area contributed by atoms with Gasteiger partial charge in [0.25, 0.3) is 0 Å². The molecule has 3 aliphatic rings. The number of carbonyl (C=O) groups excluding carboxylic acids is 1. The number of aromatic nitrogens is 2. The molecule has 0 amide bonds. The lowest BCUT2D eigenvalue weighted by molar-refractivity contribution is -0.143. The van der Waals surface area contributed by atoms with Crippen molar-refractivity contribution in [2.75, 3.05) is 7.11 Å². The highest BCUT2D eigenvalue weighted by Crippen LogP contribution is 2.44. The molecule has 11 nitrogen and oxygen atoms in total. The normalized spacial score (nSPS) is 27.8. The predicted molar refractivity (Wildman–Crippen MR) is 249 cm³/mol. The van der Waals surface area contributed by atoms with Crippen LogP contribution in [0.1, 0.15) is 130 Å². The van der Waals surface area contributed by atoms with Crippen molar-refractivity contribution in [1.82, 2.24) is 9.97 Å². The number of nitrogens with zero attached hydrogens (tertiary/aromatic N) is 2. The van der Waals surface area contributed by atoms with E-state index in [4.69, 9.17) is 36.9 Å². The summed E-state index contributed by atoms with van der Waals surface area (Å²) in [5, 5.41) is 0.0738. The lowest BCUT2D eigenvalue weighted by Crippen LogP contribution is -2.55. The lowest BCUT2D eigenvalue weighted by Gasteiger charge is -2.49. The molecule has 62 heavy (non-hydrogen) atoms. The molecule has 5 heterocycles. The van der Waals surface area contributed by atoms with Gasteiger partial charge in [-0.2, -0.15) is 0 Å².